The van der Waals surface area contributed by atoms with Crippen LogP contribution in [0, 0.1) is 11.3 Å². The topological polar surface area (TPSA) is 63.2 Å². The van der Waals surface area contributed by atoms with Gasteiger partial charge in [0.15, 0.2) is 0 Å². The van der Waals surface area contributed by atoms with Crippen molar-refractivity contribution in [1.82, 2.24) is 5.32 Å². The minimum atomic E-state index is -2.86. The first-order chi connectivity index (χ1) is 10.5. The molecule has 1 aromatic rings. The van der Waals surface area contributed by atoms with Crippen LogP contribution in [0.15, 0.2) is 36.4 Å². The second-order valence-electron chi connectivity index (χ2n) is 6.33. The Bertz CT molecular complexity index is 665. The van der Waals surface area contributed by atoms with Crippen LogP contribution in [0.25, 0.3) is 6.08 Å². The molecule has 1 aliphatic heterocycles. The lowest BCUT2D eigenvalue weighted by Gasteiger charge is -2.22. The van der Waals surface area contributed by atoms with Gasteiger partial charge >= 0.3 is 0 Å². The van der Waals surface area contributed by atoms with Crippen LogP contribution in [0.2, 0.25) is 0 Å². The number of hydrogen-bond donors (Lipinski definition) is 1. The van der Waals surface area contributed by atoms with Crippen LogP contribution in [0.3, 0.4) is 0 Å². The summed E-state index contributed by atoms with van der Waals surface area (Å²) in [7, 11) is -2.86. The Morgan fingerprint density at radius 2 is 1.91 bits per heavy atom. The van der Waals surface area contributed by atoms with Gasteiger partial charge in [-0.3, -0.25) is 4.79 Å². The third-order valence-corrected chi connectivity index (χ3v) is 6.48. The highest BCUT2D eigenvalue weighted by Gasteiger charge is 2.59. The molecule has 1 saturated heterocycles. The largest absolute Gasteiger partial charge is 0.352 e. The fourth-order valence-electron chi connectivity index (χ4n) is 3.26. The molecule has 1 atom stereocenters. The van der Waals surface area contributed by atoms with Crippen molar-refractivity contribution in [3.63, 3.8) is 0 Å². The Kier molecular flexibility index (Phi) is 4.08. The Balaban J connectivity index is 1.45. The van der Waals surface area contributed by atoms with E-state index in [4.69, 9.17) is 0 Å². The zero-order chi connectivity index (χ0) is 15.6. The van der Waals surface area contributed by atoms with Crippen LogP contribution < -0.4 is 5.32 Å². The third-order valence-electron chi connectivity index (χ3n) is 4.83. The van der Waals surface area contributed by atoms with Gasteiger partial charge in [0.2, 0.25) is 5.91 Å². The molecule has 1 aliphatic carbocycles. The van der Waals surface area contributed by atoms with Gasteiger partial charge < -0.3 is 5.32 Å². The molecule has 1 saturated carbocycles. The van der Waals surface area contributed by atoms with Crippen molar-refractivity contribution >= 4 is 21.8 Å². The monoisotopic (exact) mass is 319 g/mol. The maximum absolute atomic E-state index is 12.2. The summed E-state index contributed by atoms with van der Waals surface area (Å²) in [6, 6.07) is 9.94. The minimum absolute atomic E-state index is 0.00752. The molecule has 0 aromatic heterocycles. The standard InChI is InChI=1S/C17H21NO3S/c19-16(18-10-4-7-14-5-2-1-3-6-14)15-13-17(15)8-11-22(20,21)12-9-17/h1-7,15H,8-13H2,(H,18,19). The van der Waals surface area contributed by atoms with Gasteiger partial charge in [-0.25, -0.2) is 8.42 Å². The first kappa shape index (κ1) is 15.3. The number of nitrogens with one attached hydrogen (secondary N) is 1. The molecule has 1 amide bonds. The molecule has 1 spiro atoms. The lowest BCUT2D eigenvalue weighted by atomic mass is 9.96. The van der Waals surface area contributed by atoms with Gasteiger partial charge in [-0.05, 0) is 30.2 Å². The van der Waals surface area contributed by atoms with Gasteiger partial charge in [0.25, 0.3) is 0 Å². The molecule has 4 nitrogen and oxygen atoms in total. The zero-order valence-electron chi connectivity index (χ0n) is 12.5. The SMILES string of the molecule is O=C(NCC=Cc1ccccc1)C1CC12CCS(=O)(=O)CC2. The van der Waals surface area contributed by atoms with E-state index >= 15 is 0 Å². The quantitative estimate of drug-likeness (QED) is 0.923. The molecule has 1 heterocycles. The minimum Gasteiger partial charge on any atom is -0.352 e. The fourth-order valence-corrected chi connectivity index (χ4v) is 4.90. The zero-order valence-corrected chi connectivity index (χ0v) is 13.3. The summed E-state index contributed by atoms with van der Waals surface area (Å²) in [5.41, 5.74) is 1.08. The van der Waals surface area contributed by atoms with E-state index in [9.17, 15) is 13.2 Å². The number of sulfone groups is 1. The molecule has 2 fully saturated rings. The van der Waals surface area contributed by atoms with E-state index in [0.29, 0.717) is 19.4 Å². The number of carbonyl (C=O) groups excluding carboxylic acids is 1. The van der Waals surface area contributed by atoms with Gasteiger partial charge in [0.1, 0.15) is 9.84 Å². The van der Waals surface area contributed by atoms with Crippen LogP contribution in [0.1, 0.15) is 24.8 Å². The molecule has 1 aromatic carbocycles. The van der Waals surface area contributed by atoms with Gasteiger partial charge in [-0.2, -0.15) is 0 Å². The number of amides is 1. The lowest BCUT2D eigenvalue weighted by Crippen LogP contribution is -2.31. The smallest absolute Gasteiger partial charge is 0.223 e. The van der Waals surface area contributed by atoms with Crippen molar-refractivity contribution in [2.45, 2.75) is 19.3 Å². The summed E-state index contributed by atoms with van der Waals surface area (Å²) in [5, 5.41) is 2.93. The van der Waals surface area contributed by atoms with Gasteiger partial charge in [-0.1, -0.05) is 42.5 Å². The molecular formula is C17H21NO3S. The highest BCUT2D eigenvalue weighted by Crippen LogP contribution is 2.59. The molecular weight excluding hydrogens is 298 g/mol. The molecule has 3 rings (SSSR count). The lowest BCUT2D eigenvalue weighted by molar-refractivity contribution is -0.123. The maximum Gasteiger partial charge on any atom is 0.223 e. The Labute approximate surface area is 131 Å². The van der Waals surface area contributed by atoms with E-state index in [1.165, 1.54) is 0 Å². The van der Waals surface area contributed by atoms with Crippen LogP contribution in [0.4, 0.5) is 0 Å². The number of carbonyl (C=O) groups is 1. The van der Waals surface area contributed by atoms with Crippen LogP contribution in [-0.4, -0.2) is 32.4 Å². The van der Waals surface area contributed by atoms with E-state index in [0.717, 1.165) is 12.0 Å². The van der Waals surface area contributed by atoms with Crippen molar-refractivity contribution < 1.29 is 13.2 Å². The van der Waals surface area contributed by atoms with E-state index < -0.39 is 9.84 Å². The average molecular weight is 319 g/mol. The van der Waals surface area contributed by atoms with Gasteiger partial charge in [0, 0.05) is 12.5 Å². The second kappa shape index (κ2) is 5.88. The number of rotatable bonds is 4. The summed E-state index contributed by atoms with van der Waals surface area (Å²) >= 11 is 0. The number of hydrogen-bond acceptors (Lipinski definition) is 3. The molecule has 0 radical (unpaired) electrons. The Morgan fingerprint density at radius 1 is 1.23 bits per heavy atom. The summed E-state index contributed by atoms with van der Waals surface area (Å²) in [4.78, 5) is 12.2. The van der Waals surface area contributed by atoms with E-state index in [-0.39, 0.29) is 28.7 Å². The molecule has 2 aliphatic rings. The normalized spacial score (nSPS) is 25.2. The predicted octanol–water partition coefficient (Wildman–Crippen LogP) is 2.03. The first-order valence-corrected chi connectivity index (χ1v) is 9.53. The third kappa shape index (κ3) is 3.40. The van der Waals surface area contributed by atoms with Crippen molar-refractivity contribution in [3.8, 4) is 0 Å². The summed E-state index contributed by atoms with van der Waals surface area (Å²) < 4.78 is 23.0. The van der Waals surface area contributed by atoms with Crippen LogP contribution in [-0.2, 0) is 14.6 Å². The molecule has 118 valence electrons. The van der Waals surface area contributed by atoms with Crippen molar-refractivity contribution in [1.29, 1.82) is 0 Å². The Hall–Kier alpha value is -1.62. The van der Waals surface area contributed by atoms with Gasteiger partial charge in [0.05, 0.1) is 11.5 Å². The predicted molar refractivity (Wildman–Crippen MR) is 86.9 cm³/mol. The van der Waals surface area contributed by atoms with Crippen LogP contribution in [0.5, 0.6) is 0 Å². The summed E-state index contributed by atoms with van der Waals surface area (Å²) in [6.07, 6.45) is 6.06. The summed E-state index contributed by atoms with van der Waals surface area (Å²) in [6.45, 7) is 0.513. The average Bonchev–Trinajstić information content (AvgIpc) is 3.23. The molecule has 1 N–H and O–H groups in total. The fraction of sp³-hybridized carbons (Fsp3) is 0.471. The highest BCUT2D eigenvalue weighted by atomic mass is 32.2. The summed E-state index contributed by atoms with van der Waals surface area (Å²) in [5.74, 6) is 0.556. The van der Waals surface area contributed by atoms with Crippen molar-refractivity contribution in [2.75, 3.05) is 18.1 Å². The molecule has 5 heteroatoms. The Morgan fingerprint density at radius 3 is 2.59 bits per heavy atom. The van der Waals surface area contributed by atoms with E-state index in [1.807, 2.05) is 42.5 Å². The van der Waals surface area contributed by atoms with E-state index in [1.54, 1.807) is 0 Å². The van der Waals surface area contributed by atoms with Crippen molar-refractivity contribution in [2.24, 2.45) is 11.3 Å². The van der Waals surface area contributed by atoms with Crippen LogP contribution >= 0.6 is 0 Å². The van der Waals surface area contributed by atoms with Gasteiger partial charge in [-0.15, -0.1) is 0 Å². The first-order valence-electron chi connectivity index (χ1n) is 7.71. The molecule has 0 bridgehead atoms. The van der Waals surface area contributed by atoms with E-state index in [2.05, 4.69) is 5.32 Å². The highest BCUT2D eigenvalue weighted by molar-refractivity contribution is 7.91. The molecule has 1 unspecified atom stereocenters. The number of benzene rings is 1. The molecule has 22 heavy (non-hydrogen) atoms. The maximum atomic E-state index is 12.2. The van der Waals surface area contributed by atoms with Crippen molar-refractivity contribution in [3.05, 3.63) is 42.0 Å². The second-order valence-corrected chi connectivity index (χ2v) is 8.63.